The lowest BCUT2D eigenvalue weighted by atomic mass is 10.2. The second-order valence-electron chi connectivity index (χ2n) is 5.93. The second kappa shape index (κ2) is 8.12. The zero-order chi connectivity index (χ0) is 20.1. The summed E-state index contributed by atoms with van der Waals surface area (Å²) in [5.41, 5.74) is 1.82. The van der Waals surface area contributed by atoms with E-state index in [1.54, 1.807) is 36.4 Å². The zero-order valence-electron chi connectivity index (χ0n) is 15.2. The van der Waals surface area contributed by atoms with E-state index >= 15 is 0 Å². The number of rotatable bonds is 6. The van der Waals surface area contributed by atoms with Crippen molar-refractivity contribution in [2.24, 2.45) is 0 Å². The van der Waals surface area contributed by atoms with Gasteiger partial charge in [-0.3, -0.25) is 14.9 Å². The first-order valence-corrected chi connectivity index (χ1v) is 8.31. The molecule has 9 heteroatoms. The number of nitrogens with zero attached hydrogens (tertiary/aromatic N) is 3. The SMILES string of the molecule is CC(=O)Nc1ccc(Nc2ncnc(Oc3ccc(C)cc3)c2[N+](=O)[O-])cc1. The van der Waals surface area contributed by atoms with Crippen LogP contribution in [0.3, 0.4) is 0 Å². The minimum Gasteiger partial charge on any atom is -0.434 e. The van der Waals surface area contributed by atoms with E-state index in [2.05, 4.69) is 20.6 Å². The Morgan fingerprint density at radius 1 is 1.04 bits per heavy atom. The van der Waals surface area contributed by atoms with Crippen LogP contribution in [0.2, 0.25) is 0 Å². The molecule has 3 aromatic rings. The first kappa shape index (κ1) is 18.8. The molecule has 1 aromatic heterocycles. The Hall–Kier alpha value is -4.01. The second-order valence-corrected chi connectivity index (χ2v) is 5.93. The number of amides is 1. The third-order valence-corrected chi connectivity index (χ3v) is 3.67. The number of ether oxygens (including phenoxy) is 1. The molecule has 0 unspecified atom stereocenters. The molecule has 9 nitrogen and oxygen atoms in total. The van der Waals surface area contributed by atoms with Crippen LogP contribution in [-0.4, -0.2) is 20.8 Å². The van der Waals surface area contributed by atoms with Crippen LogP contribution in [0.5, 0.6) is 11.6 Å². The Kier molecular flexibility index (Phi) is 5.45. The van der Waals surface area contributed by atoms with Gasteiger partial charge in [0, 0.05) is 18.3 Å². The van der Waals surface area contributed by atoms with E-state index in [1.165, 1.54) is 13.3 Å². The number of carbonyl (C=O) groups is 1. The van der Waals surface area contributed by atoms with Gasteiger partial charge in [0.25, 0.3) is 0 Å². The molecule has 0 radical (unpaired) electrons. The highest BCUT2D eigenvalue weighted by Crippen LogP contribution is 2.35. The predicted molar refractivity (Wildman–Crippen MR) is 104 cm³/mol. The Morgan fingerprint density at radius 3 is 2.29 bits per heavy atom. The maximum absolute atomic E-state index is 11.6. The lowest BCUT2D eigenvalue weighted by Gasteiger charge is -2.10. The lowest BCUT2D eigenvalue weighted by Crippen LogP contribution is -2.06. The summed E-state index contributed by atoms with van der Waals surface area (Å²) >= 11 is 0. The highest BCUT2D eigenvalue weighted by molar-refractivity contribution is 5.88. The smallest absolute Gasteiger partial charge is 0.373 e. The number of anilines is 3. The fourth-order valence-electron chi connectivity index (χ4n) is 2.39. The summed E-state index contributed by atoms with van der Waals surface area (Å²) in [5.74, 6) is 0.0682. The molecular weight excluding hydrogens is 362 g/mol. The van der Waals surface area contributed by atoms with E-state index in [4.69, 9.17) is 4.74 Å². The van der Waals surface area contributed by atoms with Crippen molar-refractivity contribution in [2.75, 3.05) is 10.6 Å². The number of aromatic nitrogens is 2. The minimum atomic E-state index is -0.600. The summed E-state index contributed by atoms with van der Waals surface area (Å²) in [6, 6.07) is 13.7. The van der Waals surface area contributed by atoms with Gasteiger partial charge in [-0.15, -0.1) is 0 Å². The number of hydrogen-bond acceptors (Lipinski definition) is 7. The molecule has 28 heavy (non-hydrogen) atoms. The van der Waals surface area contributed by atoms with Gasteiger partial charge in [-0.2, -0.15) is 4.98 Å². The number of benzene rings is 2. The predicted octanol–water partition coefficient (Wildman–Crippen LogP) is 4.19. The molecule has 0 saturated carbocycles. The summed E-state index contributed by atoms with van der Waals surface area (Å²) in [7, 11) is 0. The van der Waals surface area contributed by atoms with Crippen molar-refractivity contribution in [3.05, 3.63) is 70.5 Å². The van der Waals surface area contributed by atoms with Gasteiger partial charge in [0.05, 0.1) is 4.92 Å². The molecule has 0 bridgehead atoms. The summed E-state index contributed by atoms with van der Waals surface area (Å²) in [6.07, 6.45) is 1.19. The van der Waals surface area contributed by atoms with E-state index in [-0.39, 0.29) is 23.3 Å². The number of hydrogen-bond donors (Lipinski definition) is 2. The van der Waals surface area contributed by atoms with Gasteiger partial charge in [-0.05, 0) is 43.3 Å². The lowest BCUT2D eigenvalue weighted by molar-refractivity contribution is -0.385. The molecule has 142 valence electrons. The normalized spacial score (nSPS) is 10.2. The molecule has 2 N–H and O–H groups in total. The molecule has 3 rings (SSSR count). The Labute approximate surface area is 160 Å². The van der Waals surface area contributed by atoms with Crippen LogP contribution in [0.4, 0.5) is 22.9 Å². The largest absolute Gasteiger partial charge is 0.434 e. The number of carbonyl (C=O) groups excluding carboxylic acids is 1. The summed E-state index contributed by atoms with van der Waals surface area (Å²) < 4.78 is 5.59. The molecule has 1 amide bonds. The van der Waals surface area contributed by atoms with Crippen molar-refractivity contribution in [3.63, 3.8) is 0 Å². The van der Waals surface area contributed by atoms with Crippen molar-refractivity contribution in [1.82, 2.24) is 9.97 Å². The zero-order valence-corrected chi connectivity index (χ0v) is 15.2. The van der Waals surface area contributed by atoms with Gasteiger partial charge in [-0.1, -0.05) is 17.7 Å². The molecule has 0 aliphatic rings. The van der Waals surface area contributed by atoms with Gasteiger partial charge in [-0.25, -0.2) is 4.98 Å². The molecular formula is C19H17N5O4. The maximum atomic E-state index is 11.6. The fraction of sp³-hybridized carbons (Fsp3) is 0.105. The number of nitrogens with one attached hydrogen (secondary N) is 2. The molecule has 0 aliphatic heterocycles. The van der Waals surface area contributed by atoms with Crippen molar-refractivity contribution in [3.8, 4) is 11.6 Å². The molecule has 0 atom stereocenters. The Bertz CT molecular complexity index is 1000. The highest BCUT2D eigenvalue weighted by Gasteiger charge is 2.25. The topological polar surface area (TPSA) is 119 Å². The van der Waals surface area contributed by atoms with Crippen molar-refractivity contribution in [2.45, 2.75) is 13.8 Å². The van der Waals surface area contributed by atoms with Crippen LogP contribution in [0.1, 0.15) is 12.5 Å². The Balaban J connectivity index is 1.87. The summed E-state index contributed by atoms with van der Waals surface area (Å²) in [6.45, 7) is 3.34. The number of nitro groups is 1. The van der Waals surface area contributed by atoms with E-state index in [0.717, 1.165) is 5.56 Å². The van der Waals surface area contributed by atoms with Gasteiger partial charge < -0.3 is 15.4 Å². The summed E-state index contributed by atoms with van der Waals surface area (Å²) in [5, 5.41) is 17.1. The highest BCUT2D eigenvalue weighted by atomic mass is 16.6. The molecule has 0 fully saturated rings. The number of aryl methyl sites for hydroxylation is 1. The van der Waals surface area contributed by atoms with Crippen LogP contribution in [0.15, 0.2) is 54.9 Å². The van der Waals surface area contributed by atoms with Crippen molar-refractivity contribution < 1.29 is 14.5 Å². The van der Waals surface area contributed by atoms with Crippen LogP contribution in [0, 0.1) is 17.0 Å². The van der Waals surface area contributed by atoms with Gasteiger partial charge >= 0.3 is 11.6 Å². The maximum Gasteiger partial charge on any atom is 0.373 e. The van der Waals surface area contributed by atoms with Crippen LogP contribution in [0.25, 0.3) is 0 Å². The molecule has 2 aromatic carbocycles. The molecule has 1 heterocycles. The quantitative estimate of drug-likeness (QED) is 0.487. The van der Waals surface area contributed by atoms with Crippen LogP contribution < -0.4 is 15.4 Å². The third kappa shape index (κ3) is 4.58. The monoisotopic (exact) mass is 379 g/mol. The van der Waals surface area contributed by atoms with Gasteiger partial charge in [0.1, 0.15) is 12.1 Å². The first-order chi connectivity index (χ1) is 13.4. The Morgan fingerprint density at radius 2 is 1.68 bits per heavy atom. The molecule has 0 spiro atoms. The minimum absolute atomic E-state index is 0.00520. The molecule has 0 saturated heterocycles. The van der Waals surface area contributed by atoms with Crippen LogP contribution >= 0.6 is 0 Å². The van der Waals surface area contributed by atoms with Gasteiger partial charge in [0.2, 0.25) is 11.7 Å². The van der Waals surface area contributed by atoms with E-state index < -0.39 is 4.92 Å². The van der Waals surface area contributed by atoms with Crippen molar-refractivity contribution in [1.29, 1.82) is 0 Å². The van der Waals surface area contributed by atoms with E-state index in [9.17, 15) is 14.9 Å². The summed E-state index contributed by atoms with van der Waals surface area (Å²) in [4.78, 5) is 30.0. The van der Waals surface area contributed by atoms with E-state index in [0.29, 0.717) is 17.1 Å². The average molecular weight is 379 g/mol. The molecule has 0 aliphatic carbocycles. The van der Waals surface area contributed by atoms with E-state index in [1.807, 2.05) is 19.1 Å². The first-order valence-electron chi connectivity index (χ1n) is 8.31. The fourth-order valence-corrected chi connectivity index (χ4v) is 2.39. The standard InChI is InChI=1S/C19H17N5O4/c1-12-3-9-16(10-4-12)28-19-17(24(26)27)18(20-11-21-19)23-15-7-5-14(6-8-15)22-13(2)25/h3-11H,1-2H3,(H,22,25)(H,20,21,23). The third-order valence-electron chi connectivity index (χ3n) is 3.67. The van der Waals surface area contributed by atoms with Crippen LogP contribution in [-0.2, 0) is 4.79 Å². The average Bonchev–Trinajstić information content (AvgIpc) is 2.65. The van der Waals surface area contributed by atoms with Crippen molar-refractivity contribution >= 4 is 28.8 Å². The van der Waals surface area contributed by atoms with Gasteiger partial charge in [0.15, 0.2) is 0 Å².